The van der Waals surface area contributed by atoms with Crippen LogP contribution in [0.4, 0.5) is 0 Å². The number of methoxy groups -OCH3 is 1. The molecule has 0 radical (unpaired) electrons. The maximum Gasteiger partial charge on any atom is 0.319 e. The van der Waals surface area contributed by atoms with Gasteiger partial charge in [0.1, 0.15) is 0 Å². The van der Waals surface area contributed by atoms with Gasteiger partial charge in [0.05, 0.1) is 26.1 Å². The monoisotopic (exact) mass is 184 g/mol. The highest BCUT2D eigenvalue weighted by Gasteiger charge is 2.15. The molecule has 1 atom stereocenters. The maximum absolute atomic E-state index is 10.9. The van der Waals surface area contributed by atoms with Crippen LogP contribution in [0.15, 0.2) is 0 Å². The number of nitriles is 1. The van der Waals surface area contributed by atoms with E-state index in [4.69, 9.17) is 5.26 Å². The van der Waals surface area contributed by atoms with E-state index in [2.05, 4.69) is 10.8 Å². The summed E-state index contributed by atoms with van der Waals surface area (Å²) in [7, 11) is 3.18. The smallest absolute Gasteiger partial charge is 0.319 e. The highest BCUT2D eigenvalue weighted by molar-refractivity contribution is 5.71. The summed E-state index contributed by atoms with van der Waals surface area (Å²) in [6.07, 6.45) is 1.31. The maximum atomic E-state index is 10.9. The van der Waals surface area contributed by atoms with Gasteiger partial charge < -0.3 is 4.74 Å². The number of rotatable bonds is 5. The summed E-state index contributed by atoms with van der Waals surface area (Å²) < 4.78 is 4.53. The van der Waals surface area contributed by atoms with Crippen molar-refractivity contribution in [3.63, 3.8) is 0 Å². The fourth-order valence-corrected chi connectivity index (χ4v) is 1.11. The van der Waals surface area contributed by atoms with Crippen LogP contribution >= 0.6 is 0 Å². The van der Waals surface area contributed by atoms with E-state index < -0.39 is 0 Å². The molecule has 0 bridgehead atoms. The molecule has 1 unspecified atom stereocenters. The zero-order valence-electron chi connectivity index (χ0n) is 8.41. The third kappa shape index (κ3) is 4.48. The molecular weight excluding hydrogens is 168 g/mol. The first-order valence-electron chi connectivity index (χ1n) is 4.29. The minimum Gasteiger partial charge on any atom is -0.468 e. The molecule has 0 aliphatic carbocycles. The van der Waals surface area contributed by atoms with Crippen LogP contribution in [0.5, 0.6) is 0 Å². The Hall–Kier alpha value is -1.08. The fraction of sp³-hybridized carbons (Fsp3) is 0.778. The summed E-state index contributed by atoms with van der Waals surface area (Å²) in [5, 5.41) is 8.52. The lowest BCUT2D eigenvalue weighted by atomic mass is 10.1. The molecule has 0 aromatic carbocycles. The van der Waals surface area contributed by atoms with Gasteiger partial charge in [-0.2, -0.15) is 5.26 Å². The van der Waals surface area contributed by atoms with E-state index in [1.807, 2.05) is 18.9 Å². The van der Waals surface area contributed by atoms with Crippen molar-refractivity contribution in [2.45, 2.75) is 25.8 Å². The summed E-state index contributed by atoms with van der Waals surface area (Å²) in [6, 6.07) is 2.24. The zero-order valence-corrected chi connectivity index (χ0v) is 8.41. The Bertz CT molecular complexity index is 198. The van der Waals surface area contributed by atoms with Crippen molar-refractivity contribution < 1.29 is 9.53 Å². The Labute approximate surface area is 79.1 Å². The zero-order chi connectivity index (χ0) is 10.3. The fourth-order valence-electron chi connectivity index (χ4n) is 1.11. The Kier molecular flexibility index (Phi) is 5.90. The molecule has 13 heavy (non-hydrogen) atoms. The highest BCUT2D eigenvalue weighted by Crippen LogP contribution is 2.05. The van der Waals surface area contributed by atoms with Crippen LogP contribution in [-0.4, -0.2) is 37.6 Å². The molecule has 0 saturated heterocycles. The van der Waals surface area contributed by atoms with Crippen molar-refractivity contribution in [3.8, 4) is 6.07 Å². The van der Waals surface area contributed by atoms with Gasteiger partial charge in [-0.15, -0.1) is 0 Å². The molecule has 4 heteroatoms. The molecule has 4 nitrogen and oxygen atoms in total. The normalized spacial score (nSPS) is 12.2. The molecule has 74 valence electrons. The van der Waals surface area contributed by atoms with E-state index in [-0.39, 0.29) is 18.6 Å². The van der Waals surface area contributed by atoms with Gasteiger partial charge >= 0.3 is 5.97 Å². The Morgan fingerprint density at radius 2 is 2.31 bits per heavy atom. The van der Waals surface area contributed by atoms with E-state index in [9.17, 15) is 4.79 Å². The number of hydrogen-bond acceptors (Lipinski definition) is 4. The van der Waals surface area contributed by atoms with E-state index >= 15 is 0 Å². The standard InChI is InChI=1S/C9H16N2O2/c1-4-8(5-6-10)11(2)7-9(12)13-3/h8H,4-5,7H2,1-3H3. The molecule has 0 saturated carbocycles. The van der Waals surface area contributed by atoms with Gasteiger partial charge in [0.25, 0.3) is 0 Å². The highest BCUT2D eigenvalue weighted by atomic mass is 16.5. The molecule has 0 aromatic rings. The van der Waals surface area contributed by atoms with Gasteiger partial charge in [-0.1, -0.05) is 6.92 Å². The summed E-state index contributed by atoms with van der Waals surface area (Å²) in [5.74, 6) is -0.265. The van der Waals surface area contributed by atoms with Gasteiger partial charge in [-0.05, 0) is 13.5 Å². The number of carbonyl (C=O) groups is 1. The number of ether oxygens (including phenoxy) is 1. The van der Waals surface area contributed by atoms with Crippen LogP contribution in [0.1, 0.15) is 19.8 Å². The van der Waals surface area contributed by atoms with Crippen LogP contribution in [0.2, 0.25) is 0 Å². The molecular formula is C9H16N2O2. The molecule has 0 rings (SSSR count). The predicted molar refractivity (Wildman–Crippen MR) is 49.0 cm³/mol. The lowest BCUT2D eigenvalue weighted by molar-refractivity contribution is -0.142. The second-order valence-electron chi connectivity index (χ2n) is 2.92. The van der Waals surface area contributed by atoms with Gasteiger partial charge in [0, 0.05) is 6.04 Å². The summed E-state index contributed by atoms with van der Waals surface area (Å²) in [4.78, 5) is 12.7. The summed E-state index contributed by atoms with van der Waals surface area (Å²) in [6.45, 7) is 2.24. The van der Waals surface area contributed by atoms with Gasteiger partial charge in [-0.3, -0.25) is 9.69 Å². The van der Waals surface area contributed by atoms with Crippen LogP contribution in [0, 0.1) is 11.3 Å². The van der Waals surface area contributed by atoms with Crippen molar-refractivity contribution in [2.75, 3.05) is 20.7 Å². The van der Waals surface area contributed by atoms with E-state index in [1.165, 1.54) is 7.11 Å². The van der Waals surface area contributed by atoms with Crippen molar-refractivity contribution in [3.05, 3.63) is 0 Å². The molecule has 0 fully saturated rings. The SMILES string of the molecule is CCC(CC#N)N(C)CC(=O)OC. The van der Waals surface area contributed by atoms with Crippen LogP contribution < -0.4 is 0 Å². The largest absolute Gasteiger partial charge is 0.468 e. The second-order valence-corrected chi connectivity index (χ2v) is 2.92. The predicted octanol–water partition coefficient (Wildman–Crippen LogP) is 0.783. The first-order chi connectivity index (χ1) is 6.15. The molecule has 0 spiro atoms. The molecule has 0 aromatic heterocycles. The summed E-state index contributed by atoms with van der Waals surface area (Å²) in [5.41, 5.74) is 0. The van der Waals surface area contributed by atoms with Crippen LogP contribution in [0.3, 0.4) is 0 Å². The number of hydrogen-bond donors (Lipinski definition) is 0. The third-order valence-corrected chi connectivity index (χ3v) is 2.03. The molecule has 0 heterocycles. The first-order valence-corrected chi connectivity index (χ1v) is 4.29. The minimum absolute atomic E-state index is 0.143. The molecule has 0 amide bonds. The summed E-state index contributed by atoms with van der Waals surface area (Å²) >= 11 is 0. The number of esters is 1. The van der Waals surface area contributed by atoms with Crippen molar-refractivity contribution in [1.82, 2.24) is 4.90 Å². The lowest BCUT2D eigenvalue weighted by Crippen LogP contribution is -2.35. The minimum atomic E-state index is -0.265. The lowest BCUT2D eigenvalue weighted by Gasteiger charge is -2.23. The van der Waals surface area contributed by atoms with Crippen LogP contribution in [-0.2, 0) is 9.53 Å². The van der Waals surface area contributed by atoms with Gasteiger partial charge in [0.2, 0.25) is 0 Å². The second kappa shape index (κ2) is 6.44. The molecule has 0 aliphatic heterocycles. The van der Waals surface area contributed by atoms with Gasteiger partial charge in [-0.25, -0.2) is 0 Å². The van der Waals surface area contributed by atoms with Crippen LogP contribution in [0.25, 0.3) is 0 Å². The van der Waals surface area contributed by atoms with E-state index in [0.29, 0.717) is 6.42 Å². The van der Waals surface area contributed by atoms with Crippen molar-refractivity contribution in [2.24, 2.45) is 0 Å². The third-order valence-electron chi connectivity index (χ3n) is 2.03. The number of nitrogens with zero attached hydrogens (tertiary/aromatic N) is 2. The number of carbonyl (C=O) groups excluding carboxylic acids is 1. The Morgan fingerprint density at radius 1 is 1.69 bits per heavy atom. The van der Waals surface area contributed by atoms with Crippen molar-refractivity contribution >= 4 is 5.97 Å². The Morgan fingerprint density at radius 3 is 2.69 bits per heavy atom. The molecule has 0 aliphatic rings. The molecule has 0 N–H and O–H groups in total. The van der Waals surface area contributed by atoms with Crippen molar-refractivity contribution in [1.29, 1.82) is 5.26 Å². The van der Waals surface area contributed by atoms with E-state index in [0.717, 1.165) is 6.42 Å². The average Bonchev–Trinajstić information content (AvgIpc) is 2.13. The van der Waals surface area contributed by atoms with Gasteiger partial charge in [0.15, 0.2) is 0 Å². The number of likely N-dealkylation sites (N-methyl/N-ethyl adjacent to an activating group) is 1. The Balaban J connectivity index is 3.98. The topological polar surface area (TPSA) is 53.3 Å². The average molecular weight is 184 g/mol. The first kappa shape index (κ1) is 11.9. The quantitative estimate of drug-likeness (QED) is 0.592. The van der Waals surface area contributed by atoms with E-state index in [1.54, 1.807) is 0 Å².